The number of nitrogens with one attached hydrogen (secondary N) is 3. The average Bonchev–Trinajstić information content (AvgIpc) is 2.58. The molecular weight excluding hydrogens is 318 g/mol. The Morgan fingerprint density at radius 3 is 2.61 bits per heavy atom. The van der Waals surface area contributed by atoms with Crippen molar-refractivity contribution < 1.29 is 14.7 Å². The van der Waals surface area contributed by atoms with Crippen LogP contribution in [0.4, 0.5) is 0 Å². The lowest BCUT2D eigenvalue weighted by Gasteiger charge is -2.08. The molecule has 0 spiro atoms. The summed E-state index contributed by atoms with van der Waals surface area (Å²) in [5.41, 5.74) is 2.44. The largest absolute Gasteiger partial charge is 0.492 e. The number of hydroxylamine groups is 1. The first-order valence-corrected chi connectivity index (χ1v) is 7.16. The van der Waals surface area contributed by atoms with Gasteiger partial charge in [0.25, 0.3) is 5.91 Å². The molecule has 0 fully saturated rings. The molecule has 23 heavy (non-hydrogen) atoms. The van der Waals surface area contributed by atoms with Crippen LogP contribution in [0, 0.1) is 0 Å². The van der Waals surface area contributed by atoms with Crippen molar-refractivity contribution in [1.29, 1.82) is 0 Å². The standard InChI is InChI=1S/C15H15N3O4S/c19-13-3-1-2-12(17-13)14(20)16-8-9-22-11-6-4-10(5-7-11)15(23)18-21/h1-7,21H,8-9H2,(H,16,20)(H,17,19)(H,18,23). The van der Waals surface area contributed by atoms with E-state index in [-0.39, 0.29) is 35.3 Å². The Morgan fingerprint density at radius 2 is 1.96 bits per heavy atom. The average molecular weight is 333 g/mol. The number of amides is 1. The number of rotatable bonds is 6. The minimum Gasteiger partial charge on any atom is -0.492 e. The zero-order chi connectivity index (χ0) is 16.7. The number of hydrogen-bond donors (Lipinski definition) is 4. The van der Waals surface area contributed by atoms with E-state index < -0.39 is 0 Å². The molecule has 2 aromatic rings. The number of thiocarbonyl (C=S) groups is 1. The molecule has 0 saturated heterocycles. The van der Waals surface area contributed by atoms with E-state index in [1.165, 1.54) is 18.2 Å². The van der Waals surface area contributed by atoms with Crippen molar-refractivity contribution in [2.75, 3.05) is 13.2 Å². The molecule has 1 aromatic heterocycles. The number of ether oxygens (including phenoxy) is 1. The zero-order valence-corrected chi connectivity index (χ0v) is 12.9. The van der Waals surface area contributed by atoms with Gasteiger partial charge in [-0.3, -0.25) is 20.3 Å². The molecule has 0 aliphatic carbocycles. The van der Waals surface area contributed by atoms with Crippen LogP contribution in [0.2, 0.25) is 0 Å². The van der Waals surface area contributed by atoms with Crippen LogP contribution in [0.15, 0.2) is 47.3 Å². The van der Waals surface area contributed by atoms with Crippen LogP contribution in [0.5, 0.6) is 5.75 Å². The van der Waals surface area contributed by atoms with Gasteiger partial charge in [-0.05, 0) is 30.3 Å². The molecule has 4 N–H and O–H groups in total. The van der Waals surface area contributed by atoms with Gasteiger partial charge in [-0.2, -0.15) is 0 Å². The number of carbonyl (C=O) groups is 1. The molecule has 0 atom stereocenters. The summed E-state index contributed by atoms with van der Waals surface area (Å²) < 4.78 is 5.47. The molecule has 0 aliphatic heterocycles. The van der Waals surface area contributed by atoms with Crippen LogP contribution < -0.4 is 21.1 Å². The maximum absolute atomic E-state index is 11.8. The van der Waals surface area contributed by atoms with Crippen LogP contribution in [-0.4, -0.2) is 34.2 Å². The normalized spacial score (nSPS) is 9.96. The Labute approximate surface area is 137 Å². The van der Waals surface area contributed by atoms with E-state index in [2.05, 4.69) is 10.3 Å². The monoisotopic (exact) mass is 333 g/mol. The molecule has 2 rings (SSSR count). The molecule has 1 aromatic carbocycles. The number of hydrogen-bond acceptors (Lipinski definition) is 5. The van der Waals surface area contributed by atoms with Gasteiger partial charge in [-0.25, -0.2) is 0 Å². The Morgan fingerprint density at radius 1 is 1.22 bits per heavy atom. The van der Waals surface area contributed by atoms with Gasteiger partial charge in [-0.15, -0.1) is 0 Å². The third-order valence-electron chi connectivity index (χ3n) is 2.89. The topological polar surface area (TPSA) is 103 Å². The second-order valence-electron chi connectivity index (χ2n) is 4.50. The first-order chi connectivity index (χ1) is 11.1. The van der Waals surface area contributed by atoms with Gasteiger partial charge >= 0.3 is 0 Å². The van der Waals surface area contributed by atoms with E-state index in [0.717, 1.165) is 0 Å². The minimum absolute atomic E-state index is 0.201. The first-order valence-electron chi connectivity index (χ1n) is 6.75. The quantitative estimate of drug-likeness (QED) is 0.355. The molecule has 8 heteroatoms. The summed E-state index contributed by atoms with van der Waals surface area (Å²) in [6.45, 7) is 0.555. The molecule has 0 aliphatic rings. The second kappa shape index (κ2) is 8.06. The molecular formula is C15H15N3O4S. The van der Waals surface area contributed by atoms with Crippen LogP contribution in [0.25, 0.3) is 0 Å². The van der Waals surface area contributed by atoms with Gasteiger partial charge in [0.2, 0.25) is 5.56 Å². The lowest BCUT2D eigenvalue weighted by Crippen LogP contribution is -2.29. The molecule has 7 nitrogen and oxygen atoms in total. The Kier molecular flexibility index (Phi) is 5.84. The third-order valence-corrected chi connectivity index (χ3v) is 3.21. The van der Waals surface area contributed by atoms with Gasteiger partial charge in [0.15, 0.2) is 0 Å². The van der Waals surface area contributed by atoms with E-state index in [9.17, 15) is 9.59 Å². The fourth-order valence-corrected chi connectivity index (χ4v) is 1.91. The Balaban J connectivity index is 1.78. The van der Waals surface area contributed by atoms with Crippen molar-refractivity contribution in [2.45, 2.75) is 0 Å². The van der Waals surface area contributed by atoms with Crippen molar-refractivity contribution in [2.24, 2.45) is 0 Å². The lowest BCUT2D eigenvalue weighted by molar-refractivity contribution is 0.0941. The van der Waals surface area contributed by atoms with E-state index in [0.29, 0.717) is 11.3 Å². The highest BCUT2D eigenvalue weighted by molar-refractivity contribution is 7.80. The first kappa shape index (κ1) is 16.7. The van der Waals surface area contributed by atoms with Crippen molar-refractivity contribution >= 4 is 23.1 Å². The van der Waals surface area contributed by atoms with Crippen molar-refractivity contribution in [1.82, 2.24) is 15.8 Å². The van der Waals surface area contributed by atoms with Crippen LogP contribution in [0.1, 0.15) is 16.1 Å². The summed E-state index contributed by atoms with van der Waals surface area (Å²) >= 11 is 4.88. The summed E-state index contributed by atoms with van der Waals surface area (Å²) in [6.07, 6.45) is 0. The number of benzene rings is 1. The van der Waals surface area contributed by atoms with Gasteiger partial charge in [0, 0.05) is 11.6 Å². The fraction of sp³-hybridized carbons (Fsp3) is 0.133. The summed E-state index contributed by atoms with van der Waals surface area (Å²) in [6, 6.07) is 11.2. The summed E-state index contributed by atoms with van der Waals surface area (Å²) in [4.78, 5) is 25.6. The molecule has 1 heterocycles. The maximum atomic E-state index is 11.8. The Bertz CT molecular complexity index is 743. The number of pyridine rings is 1. The predicted octanol–water partition coefficient (Wildman–Crippen LogP) is 0.838. The number of carbonyl (C=O) groups excluding carboxylic acids is 1. The number of aromatic nitrogens is 1. The smallest absolute Gasteiger partial charge is 0.267 e. The third kappa shape index (κ3) is 4.90. The van der Waals surface area contributed by atoms with Crippen molar-refractivity contribution in [3.63, 3.8) is 0 Å². The zero-order valence-electron chi connectivity index (χ0n) is 12.0. The predicted molar refractivity (Wildman–Crippen MR) is 88.0 cm³/mol. The summed E-state index contributed by atoms with van der Waals surface area (Å²) in [5, 5.41) is 11.3. The second-order valence-corrected chi connectivity index (χ2v) is 4.91. The highest BCUT2D eigenvalue weighted by Gasteiger charge is 2.05. The van der Waals surface area contributed by atoms with Gasteiger partial charge in [0.1, 0.15) is 23.0 Å². The van der Waals surface area contributed by atoms with Crippen LogP contribution >= 0.6 is 12.2 Å². The molecule has 0 bridgehead atoms. The number of H-pyrrole nitrogens is 1. The van der Waals surface area contributed by atoms with E-state index in [4.69, 9.17) is 22.2 Å². The fourth-order valence-electron chi connectivity index (χ4n) is 1.78. The van der Waals surface area contributed by atoms with Crippen molar-refractivity contribution in [3.8, 4) is 5.75 Å². The van der Waals surface area contributed by atoms with Crippen molar-refractivity contribution in [3.05, 3.63) is 64.1 Å². The highest BCUT2D eigenvalue weighted by atomic mass is 32.1. The Hall–Kier alpha value is -2.71. The van der Waals surface area contributed by atoms with E-state index >= 15 is 0 Å². The number of aromatic amines is 1. The van der Waals surface area contributed by atoms with E-state index in [1.54, 1.807) is 24.3 Å². The van der Waals surface area contributed by atoms with Crippen LogP contribution in [-0.2, 0) is 0 Å². The summed E-state index contributed by atoms with van der Waals surface area (Å²) in [5.74, 6) is 0.234. The highest BCUT2D eigenvalue weighted by Crippen LogP contribution is 2.12. The molecule has 0 radical (unpaired) electrons. The molecule has 120 valence electrons. The van der Waals surface area contributed by atoms with Gasteiger partial charge in [0.05, 0.1) is 6.54 Å². The summed E-state index contributed by atoms with van der Waals surface area (Å²) in [7, 11) is 0. The van der Waals surface area contributed by atoms with E-state index in [1.807, 2.05) is 5.48 Å². The maximum Gasteiger partial charge on any atom is 0.267 e. The lowest BCUT2D eigenvalue weighted by atomic mass is 10.2. The van der Waals surface area contributed by atoms with Gasteiger partial charge in [-0.1, -0.05) is 18.3 Å². The van der Waals surface area contributed by atoms with Crippen LogP contribution in [0.3, 0.4) is 0 Å². The minimum atomic E-state index is -0.374. The molecule has 0 saturated carbocycles. The van der Waals surface area contributed by atoms with Gasteiger partial charge < -0.3 is 15.0 Å². The SMILES string of the molecule is O=C(NCCOc1ccc(C(=S)NO)cc1)c1cccc(=O)[nH]1. The molecule has 0 unspecified atom stereocenters. The molecule has 1 amide bonds.